The predicted molar refractivity (Wildman–Crippen MR) is 68.3 cm³/mol. The van der Waals surface area contributed by atoms with E-state index >= 15 is 0 Å². The van der Waals surface area contributed by atoms with E-state index in [0.717, 1.165) is 12.8 Å². The van der Waals surface area contributed by atoms with E-state index in [0.29, 0.717) is 18.1 Å². The zero-order chi connectivity index (χ0) is 12.4. The standard InChI is InChI=1S/C14H26O2/c1-5-6-7-8-9-10-13(4)14(15)16-11-12(2)3/h12H,4-11H2,1-3H3. The molecule has 0 unspecified atom stereocenters. The molecule has 0 amide bonds. The van der Waals surface area contributed by atoms with Gasteiger partial charge < -0.3 is 4.74 Å². The highest BCUT2D eigenvalue weighted by molar-refractivity contribution is 5.87. The van der Waals surface area contributed by atoms with Crippen LogP contribution >= 0.6 is 0 Å². The lowest BCUT2D eigenvalue weighted by Crippen LogP contribution is -2.11. The Morgan fingerprint density at radius 2 is 1.81 bits per heavy atom. The van der Waals surface area contributed by atoms with Crippen LogP contribution in [0.25, 0.3) is 0 Å². The number of unbranched alkanes of at least 4 members (excludes halogenated alkanes) is 4. The topological polar surface area (TPSA) is 26.3 Å². The Morgan fingerprint density at radius 1 is 1.19 bits per heavy atom. The second-order valence-electron chi connectivity index (χ2n) is 4.76. The van der Waals surface area contributed by atoms with Crippen molar-refractivity contribution in [3.8, 4) is 0 Å². The van der Waals surface area contributed by atoms with Crippen LogP contribution in [0.15, 0.2) is 12.2 Å². The predicted octanol–water partition coefficient (Wildman–Crippen LogP) is 4.10. The Hall–Kier alpha value is -0.790. The molecule has 0 heterocycles. The number of rotatable bonds is 9. The van der Waals surface area contributed by atoms with Crippen molar-refractivity contribution in [2.24, 2.45) is 5.92 Å². The molecule has 0 fully saturated rings. The molecule has 0 atom stereocenters. The summed E-state index contributed by atoms with van der Waals surface area (Å²) in [7, 11) is 0. The van der Waals surface area contributed by atoms with Crippen LogP contribution in [0.3, 0.4) is 0 Å². The maximum absolute atomic E-state index is 11.4. The number of hydrogen-bond acceptors (Lipinski definition) is 2. The highest BCUT2D eigenvalue weighted by atomic mass is 16.5. The van der Waals surface area contributed by atoms with Crippen molar-refractivity contribution in [2.45, 2.75) is 59.3 Å². The highest BCUT2D eigenvalue weighted by Gasteiger charge is 2.08. The summed E-state index contributed by atoms with van der Waals surface area (Å²) in [5, 5.41) is 0. The third-order valence-electron chi connectivity index (χ3n) is 2.42. The molecule has 0 aliphatic rings. The smallest absolute Gasteiger partial charge is 0.333 e. The van der Waals surface area contributed by atoms with Gasteiger partial charge in [-0.15, -0.1) is 0 Å². The van der Waals surface area contributed by atoms with Crippen molar-refractivity contribution in [1.29, 1.82) is 0 Å². The molecule has 2 heteroatoms. The summed E-state index contributed by atoms with van der Waals surface area (Å²) < 4.78 is 5.10. The average molecular weight is 226 g/mol. The van der Waals surface area contributed by atoms with Crippen LogP contribution in [0.2, 0.25) is 0 Å². The summed E-state index contributed by atoms with van der Waals surface area (Å²) in [6, 6.07) is 0. The molecule has 0 bridgehead atoms. The van der Waals surface area contributed by atoms with Crippen LogP contribution in [0.5, 0.6) is 0 Å². The van der Waals surface area contributed by atoms with Gasteiger partial charge in [0.05, 0.1) is 6.61 Å². The van der Waals surface area contributed by atoms with Gasteiger partial charge in [-0.1, -0.05) is 53.0 Å². The summed E-state index contributed by atoms with van der Waals surface area (Å²) in [6.45, 7) is 10.5. The molecule has 2 nitrogen and oxygen atoms in total. The van der Waals surface area contributed by atoms with E-state index in [9.17, 15) is 4.79 Å². The van der Waals surface area contributed by atoms with Crippen molar-refractivity contribution in [3.63, 3.8) is 0 Å². The molecule has 0 saturated heterocycles. The summed E-state index contributed by atoms with van der Waals surface area (Å²) in [5.74, 6) is 0.172. The second-order valence-corrected chi connectivity index (χ2v) is 4.76. The van der Waals surface area contributed by atoms with Crippen LogP contribution in [0, 0.1) is 5.92 Å². The first-order valence-corrected chi connectivity index (χ1v) is 6.42. The van der Waals surface area contributed by atoms with Gasteiger partial charge in [0.1, 0.15) is 0 Å². The van der Waals surface area contributed by atoms with Crippen molar-refractivity contribution in [2.75, 3.05) is 6.61 Å². The van der Waals surface area contributed by atoms with Crippen LogP contribution < -0.4 is 0 Å². The van der Waals surface area contributed by atoms with E-state index < -0.39 is 0 Å². The molecule has 0 spiro atoms. The number of carbonyl (C=O) groups is 1. The minimum absolute atomic E-state index is 0.218. The molecular weight excluding hydrogens is 200 g/mol. The highest BCUT2D eigenvalue weighted by Crippen LogP contribution is 2.11. The Labute approximate surface area is 100 Å². The maximum atomic E-state index is 11.4. The normalized spacial score (nSPS) is 10.5. The zero-order valence-corrected chi connectivity index (χ0v) is 11.1. The van der Waals surface area contributed by atoms with Crippen molar-refractivity contribution in [3.05, 3.63) is 12.2 Å². The fraction of sp³-hybridized carbons (Fsp3) is 0.786. The zero-order valence-electron chi connectivity index (χ0n) is 11.1. The van der Waals surface area contributed by atoms with E-state index in [4.69, 9.17) is 4.74 Å². The second kappa shape index (κ2) is 9.44. The van der Waals surface area contributed by atoms with Gasteiger partial charge in [-0.3, -0.25) is 0 Å². The lowest BCUT2D eigenvalue weighted by atomic mass is 10.1. The monoisotopic (exact) mass is 226 g/mol. The molecule has 16 heavy (non-hydrogen) atoms. The largest absolute Gasteiger partial charge is 0.462 e. The number of carbonyl (C=O) groups excluding carboxylic acids is 1. The lowest BCUT2D eigenvalue weighted by molar-refractivity contribution is -0.140. The summed E-state index contributed by atoms with van der Waals surface area (Å²) >= 11 is 0. The molecular formula is C14H26O2. The van der Waals surface area contributed by atoms with Crippen molar-refractivity contribution < 1.29 is 9.53 Å². The first-order valence-electron chi connectivity index (χ1n) is 6.42. The van der Waals surface area contributed by atoms with Gasteiger partial charge in [-0.25, -0.2) is 4.79 Å². The molecule has 0 aromatic heterocycles. The van der Waals surface area contributed by atoms with E-state index in [-0.39, 0.29) is 5.97 Å². The first kappa shape index (κ1) is 15.2. The fourth-order valence-electron chi connectivity index (χ4n) is 1.39. The molecule has 0 rings (SSSR count). The van der Waals surface area contributed by atoms with E-state index in [1.807, 2.05) is 13.8 Å². The van der Waals surface area contributed by atoms with E-state index in [2.05, 4.69) is 13.5 Å². The van der Waals surface area contributed by atoms with E-state index in [1.54, 1.807) is 0 Å². The Morgan fingerprint density at radius 3 is 2.38 bits per heavy atom. The van der Waals surface area contributed by atoms with E-state index in [1.165, 1.54) is 25.7 Å². The van der Waals surface area contributed by atoms with Gasteiger partial charge in [0.25, 0.3) is 0 Å². The average Bonchev–Trinajstić information content (AvgIpc) is 2.25. The molecule has 94 valence electrons. The SMILES string of the molecule is C=C(CCCCCCC)C(=O)OCC(C)C. The quantitative estimate of drug-likeness (QED) is 0.336. The minimum atomic E-state index is -0.218. The summed E-state index contributed by atoms with van der Waals surface area (Å²) in [6.07, 6.45) is 6.80. The third kappa shape index (κ3) is 8.51. The molecule has 0 aliphatic heterocycles. The first-order chi connectivity index (χ1) is 7.57. The van der Waals surface area contributed by atoms with Crippen molar-refractivity contribution >= 4 is 5.97 Å². The van der Waals surface area contributed by atoms with Gasteiger partial charge in [0, 0.05) is 5.57 Å². The fourth-order valence-corrected chi connectivity index (χ4v) is 1.39. The van der Waals surface area contributed by atoms with Gasteiger partial charge in [-0.05, 0) is 18.8 Å². The lowest BCUT2D eigenvalue weighted by Gasteiger charge is -2.08. The van der Waals surface area contributed by atoms with Crippen LogP contribution in [0.4, 0.5) is 0 Å². The van der Waals surface area contributed by atoms with Gasteiger partial charge in [-0.2, -0.15) is 0 Å². The summed E-state index contributed by atoms with van der Waals surface area (Å²) in [5.41, 5.74) is 0.622. The van der Waals surface area contributed by atoms with Gasteiger partial charge in [0.2, 0.25) is 0 Å². The maximum Gasteiger partial charge on any atom is 0.333 e. The molecule has 0 saturated carbocycles. The number of ether oxygens (including phenoxy) is 1. The molecule has 0 N–H and O–H groups in total. The Bertz CT molecular complexity index is 207. The molecule has 0 aromatic carbocycles. The molecule has 0 radical (unpaired) electrons. The minimum Gasteiger partial charge on any atom is -0.462 e. The number of hydrogen-bond donors (Lipinski definition) is 0. The Balaban J connectivity index is 3.52. The van der Waals surface area contributed by atoms with Gasteiger partial charge in [0.15, 0.2) is 0 Å². The summed E-state index contributed by atoms with van der Waals surface area (Å²) in [4.78, 5) is 11.4. The van der Waals surface area contributed by atoms with Crippen molar-refractivity contribution in [1.82, 2.24) is 0 Å². The molecule has 0 aliphatic carbocycles. The van der Waals surface area contributed by atoms with Gasteiger partial charge >= 0.3 is 5.97 Å². The molecule has 0 aromatic rings. The Kier molecular flexibility index (Phi) is 8.97. The van der Waals surface area contributed by atoms with Crippen LogP contribution in [0.1, 0.15) is 59.3 Å². The number of esters is 1. The third-order valence-corrected chi connectivity index (χ3v) is 2.42. The van der Waals surface area contributed by atoms with Crippen LogP contribution in [-0.4, -0.2) is 12.6 Å². The van der Waals surface area contributed by atoms with Crippen LogP contribution in [-0.2, 0) is 9.53 Å².